The van der Waals surface area contributed by atoms with Crippen LogP contribution in [-0.2, 0) is 20.2 Å². The number of hydrogen-bond donors (Lipinski definition) is 5. The maximum Gasteiger partial charge on any atom is 0.266 e. The summed E-state index contributed by atoms with van der Waals surface area (Å²) in [5.74, 6) is -0.201. The summed E-state index contributed by atoms with van der Waals surface area (Å²) in [6, 6.07) is 0. The fourth-order valence-electron chi connectivity index (χ4n) is 2.70. The summed E-state index contributed by atoms with van der Waals surface area (Å²) in [5.41, 5.74) is 0. The summed E-state index contributed by atoms with van der Waals surface area (Å²) in [6.07, 6.45) is 0.715. The molecule has 29 heavy (non-hydrogen) atoms. The van der Waals surface area contributed by atoms with Gasteiger partial charge in [-0.15, -0.1) is 0 Å². The zero-order valence-electron chi connectivity index (χ0n) is 17.0. The SMILES string of the molecule is CS(=O)(=O)O.O=S(=O)(O)CCN1CCN(CCO)CC1.OCCN1CCNCC1. The van der Waals surface area contributed by atoms with E-state index in [2.05, 4.69) is 15.1 Å². The molecule has 0 radical (unpaired) electrons. The molecule has 0 amide bonds. The van der Waals surface area contributed by atoms with E-state index in [1.54, 1.807) is 0 Å². The van der Waals surface area contributed by atoms with Gasteiger partial charge in [-0.25, -0.2) is 0 Å². The van der Waals surface area contributed by atoms with Crippen molar-refractivity contribution in [2.24, 2.45) is 0 Å². The Morgan fingerprint density at radius 3 is 1.41 bits per heavy atom. The van der Waals surface area contributed by atoms with Crippen molar-refractivity contribution in [1.29, 1.82) is 0 Å². The molecule has 2 saturated heterocycles. The Morgan fingerprint density at radius 2 is 1.07 bits per heavy atom. The first-order valence-corrected chi connectivity index (χ1v) is 12.9. The Kier molecular flexibility index (Phi) is 15.2. The Bertz CT molecular complexity index is 593. The molecule has 5 N–H and O–H groups in total. The lowest BCUT2D eigenvalue weighted by molar-refractivity contribution is 0.116. The van der Waals surface area contributed by atoms with Crippen LogP contribution >= 0.6 is 0 Å². The van der Waals surface area contributed by atoms with E-state index in [-0.39, 0.29) is 12.4 Å². The summed E-state index contributed by atoms with van der Waals surface area (Å²) in [7, 11) is -7.51. The van der Waals surface area contributed by atoms with Crippen LogP contribution in [0.5, 0.6) is 0 Å². The first kappa shape index (κ1) is 28.6. The maximum atomic E-state index is 10.5. The van der Waals surface area contributed by atoms with E-state index in [1.807, 2.05) is 4.90 Å². The van der Waals surface area contributed by atoms with Gasteiger partial charge in [-0.2, -0.15) is 16.8 Å². The van der Waals surface area contributed by atoms with Crippen LogP contribution < -0.4 is 5.32 Å². The fraction of sp³-hybridized carbons (Fsp3) is 1.00. The van der Waals surface area contributed by atoms with E-state index in [0.29, 0.717) is 26.0 Å². The van der Waals surface area contributed by atoms with Crippen LogP contribution in [0.15, 0.2) is 0 Å². The number of rotatable bonds is 7. The van der Waals surface area contributed by atoms with E-state index in [9.17, 15) is 16.8 Å². The van der Waals surface area contributed by atoms with Crippen LogP contribution in [0.25, 0.3) is 0 Å². The van der Waals surface area contributed by atoms with E-state index in [4.69, 9.17) is 19.3 Å². The summed E-state index contributed by atoms with van der Waals surface area (Å²) >= 11 is 0. The molecule has 14 heteroatoms. The van der Waals surface area contributed by atoms with Crippen LogP contribution in [0.4, 0.5) is 0 Å². The molecule has 0 aromatic heterocycles. The van der Waals surface area contributed by atoms with Crippen molar-refractivity contribution in [2.45, 2.75) is 0 Å². The van der Waals surface area contributed by atoms with Crippen LogP contribution in [0.2, 0.25) is 0 Å². The van der Waals surface area contributed by atoms with Crippen LogP contribution in [0.1, 0.15) is 0 Å². The van der Waals surface area contributed by atoms with Gasteiger partial charge in [0.15, 0.2) is 0 Å². The smallest absolute Gasteiger partial charge is 0.266 e. The van der Waals surface area contributed by atoms with Gasteiger partial charge in [-0.1, -0.05) is 0 Å². The average molecular weight is 465 g/mol. The molecule has 2 fully saturated rings. The molecule has 0 bridgehead atoms. The zero-order valence-corrected chi connectivity index (χ0v) is 18.6. The van der Waals surface area contributed by atoms with Crippen molar-refractivity contribution in [3.05, 3.63) is 0 Å². The second-order valence-electron chi connectivity index (χ2n) is 6.74. The molecule has 0 aliphatic carbocycles. The molecule has 2 heterocycles. The highest BCUT2D eigenvalue weighted by atomic mass is 32.2. The highest BCUT2D eigenvalue weighted by Crippen LogP contribution is 2.01. The standard InChI is InChI=1S/C8H18N2O4S.C6H14N2O.CH4O3S/c11-7-5-9-1-3-10(4-2-9)6-8-15(12,13)14;9-6-5-8-3-1-7-2-4-8;1-5(2,3)4/h11H,1-8H2,(H,12,13,14);7,9H,1-6H2;1H3,(H,2,3,4). The molecule has 12 nitrogen and oxygen atoms in total. The summed E-state index contributed by atoms with van der Waals surface area (Å²) in [6.45, 7) is 9.90. The lowest BCUT2D eigenvalue weighted by Crippen LogP contribution is -2.48. The van der Waals surface area contributed by atoms with Gasteiger partial charge in [0.1, 0.15) is 0 Å². The van der Waals surface area contributed by atoms with Crippen molar-refractivity contribution in [2.75, 3.05) is 97.2 Å². The van der Waals surface area contributed by atoms with Crippen molar-refractivity contribution in [3.63, 3.8) is 0 Å². The van der Waals surface area contributed by atoms with Crippen molar-refractivity contribution in [3.8, 4) is 0 Å². The second-order valence-corrected chi connectivity index (χ2v) is 9.78. The first-order chi connectivity index (χ1) is 13.4. The van der Waals surface area contributed by atoms with Gasteiger partial charge in [-0.3, -0.25) is 23.8 Å². The molecule has 0 saturated carbocycles. The van der Waals surface area contributed by atoms with E-state index >= 15 is 0 Å². The molecule has 0 unspecified atom stereocenters. The van der Waals surface area contributed by atoms with Gasteiger partial charge in [0, 0.05) is 72.0 Å². The number of aliphatic hydroxyl groups is 2. The van der Waals surface area contributed by atoms with Crippen LogP contribution in [-0.4, -0.2) is 148 Å². The predicted octanol–water partition coefficient (Wildman–Crippen LogP) is -3.13. The summed E-state index contributed by atoms with van der Waals surface area (Å²) in [4.78, 5) is 6.39. The van der Waals surface area contributed by atoms with Gasteiger partial charge >= 0.3 is 0 Å². The van der Waals surface area contributed by atoms with Crippen LogP contribution in [0, 0.1) is 0 Å². The fourth-order valence-corrected chi connectivity index (χ4v) is 3.19. The molecule has 2 aliphatic heterocycles. The molecule has 2 aliphatic rings. The number of hydrogen-bond acceptors (Lipinski definition) is 10. The molecular formula is C15H36N4O8S2. The first-order valence-electron chi connectivity index (χ1n) is 9.41. The molecule has 0 aromatic carbocycles. The lowest BCUT2D eigenvalue weighted by Gasteiger charge is -2.33. The monoisotopic (exact) mass is 464 g/mol. The topological polar surface area (TPSA) is 171 Å². The van der Waals surface area contributed by atoms with Gasteiger partial charge in [0.25, 0.3) is 20.2 Å². The Hall–Kier alpha value is -0.420. The number of nitrogens with zero attached hydrogens (tertiary/aromatic N) is 3. The number of nitrogens with one attached hydrogen (secondary N) is 1. The van der Waals surface area contributed by atoms with Gasteiger partial charge in [0.05, 0.1) is 25.2 Å². The van der Waals surface area contributed by atoms with E-state index < -0.39 is 20.2 Å². The summed E-state index contributed by atoms with van der Waals surface area (Å²) < 4.78 is 55.5. The quantitative estimate of drug-likeness (QED) is 0.240. The normalized spacial score (nSPS) is 19.6. The maximum absolute atomic E-state index is 10.5. The molecular weight excluding hydrogens is 428 g/mol. The Morgan fingerprint density at radius 1 is 0.724 bits per heavy atom. The third kappa shape index (κ3) is 20.6. The van der Waals surface area contributed by atoms with Gasteiger partial charge < -0.3 is 15.5 Å². The molecule has 176 valence electrons. The highest BCUT2D eigenvalue weighted by Gasteiger charge is 2.17. The van der Waals surface area contributed by atoms with Crippen molar-refractivity contribution >= 4 is 20.2 Å². The number of β-amino-alcohol motifs (C(OH)–C–C–N with tert-alkyl or cyclic N) is 2. The highest BCUT2D eigenvalue weighted by molar-refractivity contribution is 7.85. The van der Waals surface area contributed by atoms with Gasteiger partial charge in [-0.05, 0) is 0 Å². The molecule has 0 spiro atoms. The number of piperazine rings is 2. The second kappa shape index (κ2) is 15.4. The third-order valence-electron chi connectivity index (χ3n) is 4.17. The lowest BCUT2D eigenvalue weighted by atomic mass is 10.3. The minimum atomic E-state index is -3.84. The van der Waals surface area contributed by atoms with Crippen molar-refractivity contribution < 1.29 is 36.2 Å². The van der Waals surface area contributed by atoms with E-state index in [1.165, 1.54) is 0 Å². The minimum Gasteiger partial charge on any atom is -0.395 e. The Labute approximate surface area is 174 Å². The molecule has 0 aromatic rings. The third-order valence-corrected chi connectivity index (χ3v) is 4.87. The number of aliphatic hydroxyl groups excluding tert-OH is 2. The average Bonchev–Trinajstić information content (AvgIpc) is 2.61. The van der Waals surface area contributed by atoms with Crippen LogP contribution in [0.3, 0.4) is 0 Å². The zero-order chi connectivity index (χ0) is 22.3. The van der Waals surface area contributed by atoms with Crippen molar-refractivity contribution in [1.82, 2.24) is 20.0 Å². The summed E-state index contributed by atoms with van der Waals surface area (Å²) in [5, 5.41) is 20.5. The predicted molar refractivity (Wildman–Crippen MR) is 110 cm³/mol. The van der Waals surface area contributed by atoms with E-state index in [0.717, 1.165) is 58.9 Å². The molecule has 2 rings (SSSR count). The minimum absolute atomic E-state index is 0.158. The largest absolute Gasteiger partial charge is 0.395 e. The molecule has 0 atom stereocenters. The Balaban J connectivity index is 0.000000473. The van der Waals surface area contributed by atoms with Gasteiger partial charge in [0.2, 0.25) is 0 Å².